The van der Waals surface area contributed by atoms with Crippen molar-refractivity contribution in [2.24, 2.45) is 5.41 Å². The molecule has 2 nitrogen and oxygen atoms in total. The Hall–Kier alpha value is -1.74. The summed E-state index contributed by atoms with van der Waals surface area (Å²) < 4.78 is 13.1. The number of pyridine rings is 1. The number of rotatable bonds is 4. The van der Waals surface area contributed by atoms with Gasteiger partial charge in [0.1, 0.15) is 5.82 Å². The fourth-order valence-electron chi connectivity index (χ4n) is 2.30. The van der Waals surface area contributed by atoms with E-state index < -0.39 is 0 Å². The zero-order valence-electron chi connectivity index (χ0n) is 12.2. The summed E-state index contributed by atoms with van der Waals surface area (Å²) >= 11 is 0. The van der Waals surface area contributed by atoms with Gasteiger partial charge in [-0.25, -0.2) is 4.39 Å². The summed E-state index contributed by atoms with van der Waals surface area (Å²) in [6, 6.07) is 10.9. The Morgan fingerprint density at radius 2 is 1.85 bits per heavy atom. The maximum Gasteiger partial charge on any atom is 0.123 e. The number of aromatic nitrogens is 1. The minimum Gasteiger partial charge on any atom is -0.305 e. The molecule has 0 aliphatic carbocycles. The van der Waals surface area contributed by atoms with E-state index in [1.807, 2.05) is 30.5 Å². The Bertz CT molecular complexity index is 529. The van der Waals surface area contributed by atoms with Gasteiger partial charge >= 0.3 is 0 Å². The van der Waals surface area contributed by atoms with Crippen molar-refractivity contribution in [2.45, 2.75) is 33.4 Å². The zero-order valence-corrected chi connectivity index (χ0v) is 12.2. The molecule has 2 aromatic rings. The molecule has 0 aliphatic heterocycles. The first-order valence-corrected chi connectivity index (χ1v) is 6.84. The highest BCUT2D eigenvalue weighted by molar-refractivity contribution is 5.22. The van der Waals surface area contributed by atoms with Gasteiger partial charge in [-0.1, -0.05) is 39.0 Å². The summed E-state index contributed by atoms with van der Waals surface area (Å²) in [5, 5.41) is 3.55. The van der Waals surface area contributed by atoms with Gasteiger partial charge in [0.05, 0.1) is 0 Å². The van der Waals surface area contributed by atoms with Crippen molar-refractivity contribution in [1.82, 2.24) is 10.3 Å². The molecular weight excluding hydrogens is 251 g/mol. The SMILES string of the molecule is CC(C)(C)C(NCc1cccnc1)c1ccc(F)cc1. The van der Waals surface area contributed by atoms with E-state index in [1.54, 1.807) is 6.20 Å². The molecule has 1 unspecified atom stereocenters. The van der Waals surface area contributed by atoms with Gasteiger partial charge in [-0.05, 0) is 34.7 Å². The van der Waals surface area contributed by atoms with Gasteiger partial charge in [-0.3, -0.25) is 4.98 Å². The second-order valence-electron chi connectivity index (χ2n) is 6.09. The van der Waals surface area contributed by atoms with Crippen LogP contribution < -0.4 is 5.32 Å². The smallest absolute Gasteiger partial charge is 0.123 e. The fourth-order valence-corrected chi connectivity index (χ4v) is 2.30. The third kappa shape index (κ3) is 3.87. The summed E-state index contributed by atoms with van der Waals surface area (Å²) in [7, 11) is 0. The topological polar surface area (TPSA) is 24.9 Å². The molecule has 0 bridgehead atoms. The maximum absolute atomic E-state index is 13.1. The number of hydrogen-bond donors (Lipinski definition) is 1. The summed E-state index contributed by atoms with van der Waals surface area (Å²) in [6.45, 7) is 7.28. The van der Waals surface area contributed by atoms with Crippen LogP contribution in [0.1, 0.15) is 37.9 Å². The van der Waals surface area contributed by atoms with Crippen molar-refractivity contribution in [3.05, 3.63) is 65.7 Å². The largest absolute Gasteiger partial charge is 0.305 e. The lowest BCUT2D eigenvalue weighted by Gasteiger charge is -2.32. The molecule has 1 heterocycles. The molecule has 1 aromatic carbocycles. The van der Waals surface area contributed by atoms with Crippen LogP contribution in [0, 0.1) is 11.2 Å². The third-order valence-corrected chi connectivity index (χ3v) is 3.30. The van der Waals surface area contributed by atoms with Gasteiger partial charge in [-0.2, -0.15) is 0 Å². The van der Waals surface area contributed by atoms with Crippen molar-refractivity contribution < 1.29 is 4.39 Å². The minimum atomic E-state index is -0.200. The molecule has 0 fully saturated rings. The van der Waals surface area contributed by atoms with E-state index in [0.29, 0.717) is 0 Å². The average Bonchev–Trinajstić information content (AvgIpc) is 2.41. The van der Waals surface area contributed by atoms with Crippen LogP contribution in [0.4, 0.5) is 4.39 Å². The first-order chi connectivity index (χ1) is 9.47. The van der Waals surface area contributed by atoms with Crippen LogP contribution in [-0.4, -0.2) is 4.98 Å². The van der Waals surface area contributed by atoms with Gasteiger partial charge in [-0.15, -0.1) is 0 Å². The molecule has 0 spiro atoms. The summed E-state index contributed by atoms with van der Waals surface area (Å²) in [4.78, 5) is 4.12. The van der Waals surface area contributed by atoms with Gasteiger partial charge < -0.3 is 5.32 Å². The molecule has 0 radical (unpaired) electrons. The highest BCUT2D eigenvalue weighted by Gasteiger charge is 2.25. The van der Waals surface area contributed by atoms with Crippen LogP contribution in [0.25, 0.3) is 0 Å². The van der Waals surface area contributed by atoms with Crippen LogP contribution in [0.2, 0.25) is 0 Å². The Kier molecular flexibility index (Phi) is 4.50. The molecule has 0 aliphatic rings. The van der Waals surface area contributed by atoms with Crippen molar-refractivity contribution in [2.75, 3.05) is 0 Å². The lowest BCUT2D eigenvalue weighted by atomic mass is 9.82. The first-order valence-electron chi connectivity index (χ1n) is 6.84. The van der Waals surface area contributed by atoms with Crippen molar-refractivity contribution in [3.63, 3.8) is 0 Å². The Labute approximate surface area is 120 Å². The van der Waals surface area contributed by atoms with Crippen molar-refractivity contribution in [1.29, 1.82) is 0 Å². The molecule has 1 N–H and O–H groups in total. The number of benzene rings is 1. The highest BCUT2D eigenvalue weighted by atomic mass is 19.1. The van der Waals surface area contributed by atoms with E-state index in [1.165, 1.54) is 12.1 Å². The molecule has 1 atom stereocenters. The quantitative estimate of drug-likeness (QED) is 0.906. The number of nitrogens with one attached hydrogen (secondary N) is 1. The van der Waals surface area contributed by atoms with Crippen LogP contribution >= 0.6 is 0 Å². The molecule has 106 valence electrons. The van der Waals surface area contributed by atoms with Gasteiger partial charge in [0.25, 0.3) is 0 Å². The third-order valence-electron chi connectivity index (χ3n) is 3.30. The summed E-state index contributed by atoms with van der Waals surface area (Å²) in [5.74, 6) is -0.200. The van der Waals surface area contributed by atoms with Gasteiger partial charge in [0.15, 0.2) is 0 Å². The average molecular weight is 272 g/mol. The van der Waals surface area contributed by atoms with Crippen LogP contribution in [0.3, 0.4) is 0 Å². The van der Waals surface area contributed by atoms with Crippen LogP contribution in [0.5, 0.6) is 0 Å². The van der Waals surface area contributed by atoms with E-state index in [-0.39, 0.29) is 17.3 Å². The van der Waals surface area contributed by atoms with Crippen LogP contribution in [0.15, 0.2) is 48.8 Å². The maximum atomic E-state index is 13.1. The number of halogens is 1. The Balaban J connectivity index is 2.14. The number of nitrogens with zero attached hydrogens (tertiary/aromatic N) is 1. The normalized spacial score (nSPS) is 13.2. The van der Waals surface area contributed by atoms with E-state index in [0.717, 1.165) is 17.7 Å². The summed E-state index contributed by atoms with van der Waals surface area (Å²) in [6.07, 6.45) is 3.63. The molecule has 0 amide bonds. The van der Waals surface area contributed by atoms with Crippen molar-refractivity contribution in [3.8, 4) is 0 Å². The standard InChI is InChI=1S/C17H21FN2/c1-17(2,3)16(14-6-8-15(18)9-7-14)20-12-13-5-4-10-19-11-13/h4-11,16,20H,12H2,1-3H3. The van der Waals surface area contributed by atoms with Gasteiger partial charge in [0.2, 0.25) is 0 Å². The summed E-state index contributed by atoms with van der Waals surface area (Å²) in [5.41, 5.74) is 2.28. The predicted octanol–water partition coefficient (Wildman–Crippen LogP) is 4.10. The molecule has 20 heavy (non-hydrogen) atoms. The molecule has 2 rings (SSSR count). The fraction of sp³-hybridized carbons (Fsp3) is 0.353. The molecule has 3 heteroatoms. The van der Waals surface area contributed by atoms with Gasteiger partial charge in [0, 0.05) is 25.0 Å². The molecule has 0 saturated carbocycles. The van der Waals surface area contributed by atoms with E-state index in [4.69, 9.17) is 0 Å². The van der Waals surface area contributed by atoms with Crippen LogP contribution in [-0.2, 0) is 6.54 Å². The lowest BCUT2D eigenvalue weighted by molar-refractivity contribution is 0.271. The minimum absolute atomic E-state index is 0.0417. The Morgan fingerprint density at radius 3 is 2.40 bits per heavy atom. The monoisotopic (exact) mass is 272 g/mol. The zero-order chi connectivity index (χ0) is 14.6. The first kappa shape index (κ1) is 14.7. The lowest BCUT2D eigenvalue weighted by Crippen LogP contribution is -2.32. The van der Waals surface area contributed by atoms with Crippen molar-refractivity contribution >= 4 is 0 Å². The number of hydrogen-bond acceptors (Lipinski definition) is 2. The predicted molar refractivity (Wildman–Crippen MR) is 79.7 cm³/mol. The van der Waals surface area contributed by atoms with E-state index in [9.17, 15) is 4.39 Å². The molecular formula is C17H21FN2. The molecule has 0 saturated heterocycles. The second kappa shape index (κ2) is 6.14. The molecule has 1 aromatic heterocycles. The van der Waals surface area contributed by atoms with E-state index >= 15 is 0 Å². The Morgan fingerprint density at radius 1 is 1.15 bits per heavy atom. The second-order valence-corrected chi connectivity index (χ2v) is 6.09. The van der Waals surface area contributed by atoms with E-state index in [2.05, 4.69) is 31.1 Å². The highest BCUT2D eigenvalue weighted by Crippen LogP contribution is 2.33.